The summed E-state index contributed by atoms with van der Waals surface area (Å²) in [5, 5.41) is 26.3. The van der Waals surface area contributed by atoms with Gasteiger partial charge in [0.25, 0.3) is 0 Å². The number of aliphatic carboxylic acids is 1. The zero-order valence-electron chi connectivity index (χ0n) is 21.7. The first-order valence-electron chi connectivity index (χ1n) is 12.5. The Kier molecular flexibility index (Phi) is 7.97. The van der Waals surface area contributed by atoms with E-state index in [-0.39, 0.29) is 41.2 Å². The molecule has 222 valence electrons. The Hall–Kier alpha value is -4.72. The monoisotopic (exact) mass is 620 g/mol. The Morgan fingerprint density at radius 2 is 1.44 bits per heavy atom. The summed E-state index contributed by atoms with van der Waals surface area (Å²) >= 11 is 6.35. The zero-order chi connectivity index (χ0) is 30.9. The van der Waals surface area contributed by atoms with Gasteiger partial charge in [0.2, 0.25) is 0 Å². The lowest BCUT2D eigenvalue weighted by Gasteiger charge is -2.15. The van der Waals surface area contributed by atoms with Gasteiger partial charge in [0, 0.05) is 10.6 Å². The third-order valence-electron chi connectivity index (χ3n) is 6.40. The van der Waals surface area contributed by atoms with Crippen molar-refractivity contribution >= 4 is 17.6 Å². The quantitative estimate of drug-likeness (QED) is 0.196. The van der Waals surface area contributed by atoms with Gasteiger partial charge in [-0.15, -0.1) is 15.3 Å². The predicted octanol–water partition coefficient (Wildman–Crippen LogP) is 6.62. The molecule has 3 aromatic carbocycles. The maximum absolute atomic E-state index is 13.5. The Morgan fingerprint density at radius 3 is 2.05 bits per heavy atom. The summed E-state index contributed by atoms with van der Waals surface area (Å²) in [7, 11) is 0. The molecule has 0 unspecified atom stereocenters. The van der Waals surface area contributed by atoms with Crippen molar-refractivity contribution in [3.63, 3.8) is 0 Å². The highest BCUT2D eigenvalue weighted by Gasteiger charge is 2.37. The highest BCUT2D eigenvalue weighted by atomic mass is 35.5. The molecule has 2 heterocycles. The number of hydrogen-bond acceptors (Lipinski definition) is 5. The lowest BCUT2D eigenvalue weighted by Crippen LogP contribution is -2.13. The van der Waals surface area contributed by atoms with E-state index in [0.717, 1.165) is 4.68 Å². The SMILES string of the molecule is O=C(O)Cc1nnc(-c2nnn(Cc3cc(C(F)(F)F)cc(C(F)(F)F)c3)c2-c2ccccc2)n1Cc1ccccc1Cl. The fraction of sp³-hybridized carbons (Fsp3) is 0.179. The van der Waals surface area contributed by atoms with Crippen molar-refractivity contribution in [3.8, 4) is 22.8 Å². The van der Waals surface area contributed by atoms with Gasteiger partial charge in [0.05, 0.1) is 24.2 Å². The first-order chi connectivity index (χ1) is 20.3. The number of hydrogen-bond donors (Lipinski definition) is 1. The summed E-state index contributed by atoms with van der Waals surface area (Å²) in [6.07, 6.45) is -10.6. The maximum atomic E-state index is 13.5. The molecule has 1 N–H and O–H groups in total. The van der Waals surface area contributed by atoms with Crippen LogP contribution in [0.25, 0.3) is 22.8 Å². The van der Waals surface area contributed by atoms with Gasteiger partial charge >= 0.3 is 18.3 Å². The average Bonchev–Trinajstić information content (AvgIpc) is 3.52. The first kappa shape index (κ1) is 29.8. The van der Waals surface area contributed by atoms with E-state index >= 15 is 0 Å². The fourth-order valence-electron chi connectivity index (χ4n) is 4.48. The van der Waals surface area contributed by atoms with Crippen LogP contribution >= 0.6 is 11.6 Å². The van der Waals surface area contributed by atoms with Crippen molar-refractivity contribution in [2.45, 2.75) is 31.9 Å². The first-order valence-corrected chi connectivity index (χ1v) is 12.8. The van der Waals surface area contributed by atoms with E-state index in [1.54, 1.807) is 54.6 Å². The van der Waals surface area contributed by atoms with Crippen molar-refractivity contribution in [1.82, 2.24) is 29.8 Å². The molecule has 0 aliphatic carbocycles. The van der Waals surface area contributed by atoms with Crippen LogP contribution < -0.4 is 0 Å². The molecule has 0 saturated carbocycles. The molecule has 0 atom stereocenters. The molecular weight excluding hydrogens is 602 g/mol. The van der Waals surface area contributed by atoms with Crippen LogP contribution in [0.5, 0.6) is 0 Å². The van der Waals surface area contributed by atoms with Crippen LogP contribution in [-0.2, 0) is 36.7 Å². The number of halogens is 7. The predicted molar refractivity (Wildman–Crippen MR) is 142 cm³/mol. The van der Waals surface area contributed by atoms with E-state index < -0.39 is 42.4 Å². The van der Waals surface area contributed by atoms with Crippen LogP contribution in [-0.4, -0.2) is 40.8 Å². The van der Waals surface area contributed by atoms with Gasteiger partial charge in [0.15, 0.2) is 11.5 Å². The third-order valence-corrected chi connectivity index (χ3v) is 6.77. The topological polar surface area (TPSA) is 98.7 Å². The standard InChI is InChI=1S/C28H19ClF6N6O2/c29-21-9-5-4-8-18(21)15-40-22(13-23(42)43)36-38-26(40)24-25(17-6-2-1-3-7-17)41(39-37-24)14-16-10-19(27(30,31)32)12-20(11-16)28(33,34)35/h1-12H,13-15H2,(H,42,43). The minimum atomic E-state index is -5.03. The minimum absolute atomic E-state index is 0.0360. The zero-order valence-corrected chi connectivity index (χ0v) is 22.5. The highest BCUT2D eigenvalue weighted by molar-refractivity contribution is 6.31. The van der Waals surface area contributed by atoms with E-state index in [1.165, 1.54) is 4.57 Å². The van der Waals surface area contributed by atoms with Crippen molar-refractivity contribution in [2.75, 3.05) is 0 Å². The van der Waals surface area contributed by atoms with Crippen molar-refractivity contribution in [3.05, 3.63) is 106 Å². The van der Waals surface area contributed by atoms with Crippen molar-refractivity contribution < 1.29 is 36.2 Å². The lowest BCUT2D eigenvalue weighted by atomic mass is 10.0. The molecular formula is C28H19ClF6N6O2. The molecule has 0 spiro atoms. The van der Waals surface area contributed by atoms with Gasteiger partial charge < -0.3 is 9.67 Å². The molecule has 0 aliphatic rings. The Morgan fingerprint density at radius 1 is 0.814 bits per heavy atom. The molecule has 8 nitrogen and oxygen atoms in total. The Labute approximate surface area is 244 Å². The van der Waals surface area contributed by atoms with E-state index in [1.807, 2.05) is 0 Å². The summed E-state index contributed by atoms with van der Waals surface area (Å²) in [6.45, 7) is -0.473. The summed E-state index contributed by atoms with van der Waals surface area (Å²) < 4.78 is 83.7. The molecule has 0 bridgehead atoms. The summed E-state index contributed by atoms with van der Waals surface area (Å²) in [6, 6.07) is 16.5. The molecule has 0 saturated heterocycles. The Balaban J connectivity index is 1.67. The second-order valence-electron chi connectivity index (χ2n) is 9.41. The lowest BCUT2D eigenvalue weighted by molar-refractivity contribution is -0.143. The summed E-state index contributed by atoms with van der Waals surface area (Å²) in [4.78, 5) is 11.6. The number of carboxylic acids is 1. The van der Waals surface area contributed by atoms with E-state index in [9.17, 15) is 36.2 Å². The number of alkyl halides is 6. The molecule has 0 radical (unpaired) electrons. The molecule has 0 fully saturated rings. The van der Waals surface area contributed by atoms with Crippen LogP contribution in [0.4, 0.5) is 26.3 Å². The molecule has 43 heavy (non-hydrogen) atoms. The van der Waals surface area contributed by atoms with Crippen LogP contribution in [0.2, 0.25) is 5.02 Å². The minimum Gasteiger partial charge on any atom is -0.481 e. The molecule has 0 amide bonds. The molecule has 5 aromatic rings. The van der Waals surface area contributed by atoms with Crippen LogP contribution in [0, 0.1) is 0 Å². The number of carbonyl (C=O) groups is 1. The number of aromatic nitrogens is 6. The Bertz CT molecular complexity index is 1750. The van der Waals surface area contributed by atoms with Gasteiger partial charge in [-0.05, 0) is 35.4 Å². The summed E-state index contributed by atoms with van der Waals surface area (Å²) in [5.74, 6) is -1.05. The van der Waals surface area contributed by atoms with Crippen LogP contribution in [0.1, 0.15) is 28.1 Å². The van der Waals surface area contributed by atoms with Gasteiger partial charge in [-0.2, -0.15) is 26.3 Å². The van der Waals surface area contributed by atoms with Gasteiger partial charge in [-0.1, -0.05) is 65.3 Å². The van der Waals surface area contributed by atoms with E-state index in [0.29, 0.717) is 28.3 Å². The second kappa shape index (κ2) is 11.5. The molecule has 0 aliphatic heterocycles. The number of rotatable bonds is 8. The average molecular weight is 621 g/mol. The van der Waals surface area contributed by atoms with Gasteiger partial charge in [0.1, 0.15) is 17.9 Å². The smallest absolute Gasteiger partial charge is 0.416 e. The number of benzene rings is 3. The third kappa shape index (κ3) is 6.53. The normalized spacial score (nSPS) is 12.1. The molecule has 5 rings (SSSR count). The van der Waals surface area contributed by atoms with Crippen LogP contribution in [0.3, 0.4) is 0 Å². The molecule has 15 heteroatoms. The summed E-state index contributed by atoms with van der Waals surface area (Å²) in [5.41, 5.74) is -1.88. The number of nitrogens with zero attached hydrogens (tertiary/aromatic N) is 6. The highest BCUT2D eigenvalue weighted by Crippen LogP contribution is 2.37. The molecule has 2 aromatic heterocycles. The maximum Gasteiger partial charge on any atom is 0.416 e. The van der Waals surface area contributed by atoms with Gasteiger partial charge in [-0.3, -0.25) is 4.79 Å². The largest absolute Gasteiger partial charge is 0.481 e. The van der Waals surface area contributed by atoms with E-state index in [4.69, 9.17) is 11.6 Å². The van der Waals surface area contributed by atoms with Crippen molar-refractivity contribution in [1.29, 1.82) is 0 Å². The van der Waals surface area contributed by atoms with Crippen LogP contribution in [0.15, 0.2) is 72.8 Å². The van der Waals surface area contributed by atoms with Gasteiger partial charge in [-0.25, -0.2) is 4.68 Å². The van der Waals surface area contributed by atoms with E-state index in [2.05, 4.69) is 20.5 Å². The van der Waals surface area contributed by atoms with Crippen molar-refractivity contribution in [2.24, 2.45) is 0 Å². The number of carboxylic acid groups (broad SMARTS) is 1. The second-order valence-corrected chi connectivity index (χ2v) is 9.82. The fourth-order valence-corrected chi connectivity index (χ4v) is 4.67.